The molecule has 1 heterocycles. The van der Waals surface area contributed by atoms with Gasteiger partial charge in [0, 0.05) is 24.7 Å². The smallest absolute Gasteiger partial charge is 0.0198 e. The molecule has 2 saturated carbocycles. The van der Waals surface area contributed by atoms with Crippen LogP contribution in [0.4, 0.5) is 0 Å². The molecular formula is C15H28N2. The first-order valence-corrected chi connectivity index (χ1v) is 7.86. The summed E-state index contributed by atoms with van der Waals surface area (Å²) in [7, 11) is 0. The molecule has 3 aliphatic rings. The summed E-state index contributed by atoms with van der Waals surface area (Å²) in [6, 6.07) is 2.49. The minimum atomic E-state index is 0.769. The Kier molecular flexibility index (Phi) is 3.72. The van der Waals surface area contributed by atoms with Crippen LogP contribution >= 0.6 is 0 Å². The zero-order valence-electron chi connectivity index (χ0n) is 11.3. The molecule has 3 fully saturated rings. The van der Waals surface area contributed by atoms with Gasteiger partial charge in [0.15, 0.2) is 0 Å². The molecule has 0 radical (unpaired) electrons. The van der Waals surface area contributed by atoms with E-state index in [1.165, 1.54) is 57.9 Å². The van der Waals surface area contributed by atoms with Crippen molar-refractivity contribution in [2.45, 2.75) is 76.4 Å². The summed E-state index contributed by atoms with van der Waals surface area (Å²) in [5, 5.41) is 7.64. The second-order valence-electron chi connectivity index (χ2n) is 6.55. The Labute approximate surface area is 106 Å². The molecule has 0 aromatic carbocycles. The zero-order chi connectivity index (χ0) is 11.7. The van der Waals surface area contributed by atoms with Crippen molar-refractivity contribution in [1.82, 2.24) is 10.6 Å². The summed E-state index contributed by atoms with van der Waals surface area (Å²) in [6.45, 7) is 3.52. The highest BCUT2D eigenvalue weighted by Gasteiger charge is 2.38. The van der Waals surface area contributed by atoms with E-state index in [0.717, 1.165) is 30.0 Å². The van der Waals surface area contributed by atoms with E-state index in [1.54, 1.807) is 0 Å². The number of nitrogens with one attached hydrogen (secondary N) is 2. The van der Waals surface area contributed by atoms with E-state index in [0.29, 0.717) is 0 Å². The average molecular weight is 236 g/mol. The predicted octanol–water partition coefficient (Wildman–Crippen LogP) is 2.69. The van der Waals surface area contributed by atoms with Gasteiger partial charge in [0.2, 0.25) is 0 Å². The monoisotopic (exact) mass is 236 g/mol. The van der Waals surface area contributed by atoms with Crippen molar-refractivity contribution in [2.75, 3.05) is 6.54 Å². The molecule has 3 rings (SSSR count). The first-order valence-electron chi connectivity index (χ1n) is 7.86. The quantitative estimate of drug-likeness (QED) is 0.767. The topological polar surface area (TPSA) is 24.1 Å². The van der Waals surface area contributed by atoms with Crippen LogP contribution in [0.5, 0.6) is 0 Å². The minimum Gasteiger partial charge on any atom is -0.312 e. The van der Waals surface area contributed by atoms with Crippen LogP contribution in [0.3, 0.4) is 0 Å². The van der Waals surface area contributed by atoms with Crippen molar-refractivity contribution < 1.29 is 0 Å². The second-order valence-corrected chi connectivity index (χ2v) is 6.55. The van der Waals surface area contributed by atoms with Gasteiger partial charge < -0.3 is 10.6 Å². The van der Waals surface area contributed by atoms with E-state index in [2.05, 4.69) is 17.6 Å². The fourth-order valence-corrected chi connectivity index (χ4v) is 4.07. The Balaban J connectivity index is 1.36. The highest BCUT2D eigenvalue weighted by Crippen LogP contribution is 2.36. The Morgan fingerprint density at radius 3 is 2.88 bits per heavy atom. The van der Waals surface area contributed by atoms with Crippen LogP contribution in [0.1, 0.15) is 58.3 Å². The van der Waals surface area contributed by atoms with Gasteiger partial charge in [0.05, 0.1) is 0 Å². The number of rotatable bonds is 5. The lowest BCUT2D eigenvalue weighted by molar-refractivity contribution is 0.325. The second kappa shape index (κ2) is 5.27. The van der Waals surface area contributed by atoms with Crippen molar-refractivity contribution >= 4 is 0 Å². The van der Waals surface area contributed by atoms with Gasteiger partial charge in [-0.25, -0.2) is 0 Å². The van der Waals surface area contributed by atoms with Gasteiger partial charge in [-0.3, -0.25) is 0 Å². The van der Waals surface area contributed by atoms with Crippen molar-refractivity contribution in [3.05, 3.63) is 0 Å². The third-order valence-electron chi connectivity index (χ3n) is 5.15. The van der Waals surface area contributed by atoms with Crippen LogP contribution in [0, 0.1) is 11.8 Å². The van der Waals surface area contributed by atoms with E-state index in [1.807, 2.05) is 0 Å². The Morgan fingerprint density at radius 2 is 2.06 bits per heavy atom. The molecule has 0 bridgehead atoms. The molecule has 17 heavy (non-hydrogen) atoms. The maximum atomic E-state index is 3.86. The van der Waals surface area contributed by atoms with Gasteiger partial charge in [-0.05, 0) is 43.9 Å². The van der Waals surface area contributed by atoms with Crippen LogP contribution in [0.15, 0.2) is 0 Å². The standard InChI is InChI=1S/C15H28N2/c1-2-5-11-9-15(11)16-10-13-8-12-6-3-4-7-14(12)17-13/h11-17H,2-10H2,1H3. The summed E-state index contributed by atoms with van der Waals surface area (Å²) in [4.78, 5) is 0. The molecule has 1 aliphatic heterocycles. The molecule has 5 unspecified atom stereocenters. The van der Waals surface area contributed by atoms with Crippen LogP contribution in [-0.4, -0.2) is 24.7 Å². The molecule has 0 aromatic heterocycles. The van der Waals surface area contributed by atoms with E-state index in [4.69, 9.17) is 0 Å². The Hall–Kier alpha value is -0.0800. The molecule has 2 N–H and O–H groups in total. The highest BCUT2D eigenvalue weighted by atomic mass is 15.1. The first kappa shape index (κ1) is 12.0. The van der Waals surface area contributed by atoms with Gasteiger partial charge in [0.25, 0.3) is 0 Å². The van der Waals surface area contributed by atoms with E-state index < -0.39 is 0 Å². The maximum Gasteiger partial charge on any atom is 0.0198 e. The van der Waals surface area contributed by atoms with Gasteiger partial charge >= 0.3 is 0 Å². The summed E-state index contributed by atoms with van der Waals surface area (Å²) in [5.74, 6) is 2.00. The molecule has 1 saturated heterocycles. The van der Waals surface area contributed by atoms with Gasteiger partial charge in [0.1, 0.15) is 0 Å². The normalized spacial score (nSPS) is 44.6. The van der Waals surface area contributed by atoms with E-state index in [9.17, 15) is 0 Å². The fourth-order valence-electron chi connectivity index (χ4n) is 4.07. The molecule has 2 heteroatoms. The van der Waals surface area contributed by atoms with Crippen molar-refractivity contribution in [3.8, 4) is 0 Å². The van der Waals surface area contributed by atoms with Gasteiger partial charge in [-0.1, -0.05) is 26.2 Å². The summed E-state index contributed by atoms with van der Waals surface area (Å²) in [6.07, 6.45) is 11.5. The van der Waals surface area contributed by atoms with Crippen molar-refractivity contribution in [2.24, 2.45) is 11.8 Å². The van der Waals surface area contributed by atoms with Crippen LogP contribution in [-0.2, 0) is 0 Å². The SMILES string of the molecule is CCCC1CC1NCC1CC2CCCCC2N1. The molecule has 5 atom stereocenters. The molecular weight excluding hydrogens is 208 g/mol. The van der Waals surface area contributed by atoms with Crippen molar-refractivity contribution in [3.63, 3.8) is 0 Å². The third kappa shape index (κ3) is 2.85. The number of fused-ring (bicyclic) bond motifs is 1. The van der Waals surface area contributed by atoms with Gasteiger partial charge in [-0.2, -0.15) is 0 Å². The molecule has 2 nitrogen and oxygen atoms in total. The molecule has 0 spiro atoms. The lowest BCUT2D eigenvalue weighted by Gasteiger charge is -2.24. The van der Waals surface area contributed by atoms with Crippen LogP contribution < -0.4 is 10.6 Å². The van der Waals surface area contributed by atoms with E-state index in [-0.39, 0.29) is 0 Å². The number of hydrogen-bond donors (Lipinski definition) is 2. The van der Waals surface area contributed by atoms with Gasteiger partial charge in [-0.15, -0.1) is 0 Å². The van der Waals surface area contributed by atoms with Crippen LogP contribution in [0.25, 0.3) is 0 Å². The molecule has 98 valence electrons. The largest absolute Gasteiger partial charge is 0.312 e. The fraction of sp³-hybridized carbons (Fsp3) is 1.00. The maximum absolute atomic E-state index is 3.86. The summed E-state index contributed by atoms with van der Waals surface area (Å²) in [5.41, 5.74) is 0. The molecule has 0 aromatic rings. The molecule has 2 aliphatic carbocycles. The minimum absolute atomic E-state index is 0.769. The Morgan fingerprint density at radius 1 is 1.18 bits per heavy atom. The average Bonchev–Trinajstić information content (AvgIpc) is 2.94. The summed E-state index contributed by atoms with van der Waals surface area (Å²) >= 11 is 0. The third-order valence-corrected chi connectivity index (χ3v) is 5.15. The lowest BCUT2D eigenvalue weighted by atomic mass is 9.85. The van der Waals surface area contributed by atoms with Crippen molar-refractivity contribution in [1.29, 1.82) is 0 Å². The zero-order valence-corrected chi connectivity index (χ0v) is 11.3. The summed E-state index contributed by atoms with van der Waals surface area (Å²) < 4.78 is 0. The number of hydrogen-bond acceptors (Lipinski definition) is 2. The predicted molar refractivity (Wildman–Crippen MR) is 72.1 cm³/mol. The first-order chi connectivity index (χ1) is 8.36. The highest BCUT2D eigenvalue weighted by molar-refractivity contribution is 4.97. The Bertz CT molecular complexity index is 239. The van der Waals surface area contributed by atoms with E-state index >= 15 is 0 Å². The lowest BCUT2D eigenvalue weighted by Crippen LogP contribution is -2.39. The van der Waals surface area contributed by atoms with Crippen LogP contribution in [0.2, 0.25) is 0 Å². The molecule has 0 amide bonds.